The lowest BCUT2D eigenvalue weighted by molar-refractivity contribution is -0.131. The van der Waals surface area contributed by atoms with Crippen LogP contribution in [-0.4, -0.2) is 35.9 Å². The molecule has 186 valence electrons. The van der Waals surface area contributed by atoms with Gasteiger partial charge in [-0.05, 0) is 73.2 Å². The first kappa shape index (κ1) is 25.3. The number of carbonyl (C=O) groups excluding carboxylic acids is 5. The average molecular weight is 518 g/mol. The number of halogens is 1. The molecule has 1 aliphatic rings. The molecule has 1 saturated heterocycles. The van der Waals surface area contributed by atoms with Crippen molar-refractivity contribution < 1.29 is 24.0 Å². The van der Waals surface area contributed by atoms with Crippen LogP contribution >= 0.6 is 11.6 Å². The van der Waals surface area contributed by atoms with Crippen LogP contribution in [0.1, 0.15) is 26.3 Å². The van der Waals surface area contributed by atoms with Gasteiger partial charge in [-0.2, -0.15) is 5.10 Å². The van der Waals surface area contributed by atoms with Crippen LogP contribution in [0.2, 0.25) is 5.02 Å². The number of anilines is 2. The molecule has 11 heteroatoms. The molecule has 3 aromatic rings. The minimum atomic E-state index is -1.41. The highest BCUT2D eigenvalue weighted by molar-refractivity contribution is 6.32. The van der Waals surface area contributed by atoms with Gasteiger partial charge in [0.1, 0.15) is 0 Å². The first-order chi connectivity index (χ1) is 17.7. The van der Waals surface area contributed by atoms with Crippen molar-refractivity contribution in [3.63, 3.8) is 0 Å². The van der Waals surface area contributed by atoms with Crippen molar-refractivity contribution in [2.24, 2.45) is 11.0 Å². The molecule has 0 bridgehead atoms. The Balaban J connectivity index is 1.38. The van der Waals surface area contributed by atoms with Gasteiger partial charge in [0.05, 0.1) is 5.69 Å². The zero-order chi connectivity index (χ0) is 26.5. The number of aryl methyl sites for hydroxylation is 1. The van der Waals surface area contributed by atoms with Crippen molar-refractivity contribution in [2.45, 2.75) is 6.92 Å². The molecular weight excluding hydrogens is 498 g/mol. The van der Waals surface area contributed by atoms with Gasteiger partial charge >= 0.3 is 6.03 Å². The molecule has 1 heterocycles. The third kappa shape index (κ3) is 5.88. The van der Waals surface area contributed by atoms with Crippen LogP contribution in [0.4, 0.5) is 16.2 Å². The Hall–Kier alpha value is -4.83. The van der Waals surface area contributed by atoms with Crippen molar-refractivity contribution >= 4 is 58.9 Å². The number of imide groups is 2. The standard InChI is InChI=1S/C26H20ClN5O5/c1-15-3-2-4-20(13-15)32-25(36)21(24(35)30-26(32)37)14-28-31-23(34)17-7-11-19(12-8-17)29-22(33)16-5-9-18(27)10-6-16/h2-14,21H,1H3,(H,29,33)(H,31,34)(H,30,35,37)/b28-14-/t21-/m0/s1. The molecule has 4 rings (SSSR count). The number of nitrogens with zero attached hydrogens (tertiary/aromatic N) is 2. The maximum Gasteiger partial charge on any atom is 0.335 e. The lowest BCUT2D eigenvalue weighted by Crippen LogP contribution is -2.58. The predicted molar refractivity (Wildman–Crippen MR) is 137 cm³/mol. The van der Waals surface area contributed by atoms with Crippen molar-refractivity contribution in [1.29, 1.82) is 0 Å². The summed E-state index contributed by atoms with van der Waals surface area (Å²) < 4.78 is 0. The van der Waals surface area contributed by atoms with Crippen molar-refractivity contribution in [2.75, 3.05) is 10.2 Å². The van der Waals surface area contributed by atoms with Crippen LogP contribution in [0.25, 0.3) is 0 Å². The molecule has 1 atom stereocenters. The Labute approximate surface area is 216 Å². The molecular formula is C26H20ClN5O5. The number of benzene rings is 3. The summed E-state index contributed by atoms with van der Waals surface area (Å²) in [6.45, 7) is 1.80. The summed E-state index contributed by atoms with van der Waals surface area (Å²) in [5.74, 6) is -4.01. The summed E-state index contributed by atoms with van der Waals surface area (Å²) in [6, 6.07) is 18.2. The minimum absolute atomic E-state index is 0.220. The average Bonchev–Trinajstić information content (AvgIpc) is 2.86. The Morgan fingerprint density at radius 3 is 2.27 bits per heavy atom. The smallest absolute Gasteiger partial charge is 0.322 e. The highest BCUT2D eigenvalue weighted by Crippen LogP contribution is 2.21. The molecule has 0 unspecified atom stereocenters. The Morgan fingerprint density at radius 2 is 1.59 bits per heavy atom. The van der Waals surface area contributed by atoms with Crippen LogP contribution in [0.5, 0.6) is 0 Å². The van der Waals surface area contributed by atoms with Crippen molar-refractivity contribution in [1.82, 2.24) is 10.7 Å². The second kappa shape index (κ2) is 10.8. The number of carbonyl (C=O) groups is 5. The van der Waals surface area contributed by atoms with Gasteiger partial charge < -0.3 is 5.32 Å². The third-order valence-corrected chi connectivity index (χ3v) is 5.62. The number of nitrogens with one attached hydrogen (secondary N) is 3. The number of urea groups is 1. The van der Waals surface area contributed by atoms with Crippen LogP contribution in [0.15, 0.2) is 77.9 Å². The summed E-state index contributed by atoms with van der Waals surface area (Å²) in [4.78, 5) is 62.9. The topological polar surface area (TPSA) is 137 Å². The first-order valence-electron chi connectivity index (χ1n) is 11.0. The fraction of sp³-hybridized carbons (Fsp3) is 0.0769. The highest BCUT2D eigenvalue weighted by atomic mass is 35.5. The first-order valence-corrected chi connectivity index (χ1v) is 11.4. The zero-order valence-corrected chi connectivity index (χ0v) is 20.2. The number of hydrazone groups is 1. The van der Waals surface area contributed by atoms with E-state index in [0.29, 0.717) is 22.0 Å². The Kier molecular flexibility index (Phi) is 7.40. The van der Waals surface area contributed by atoms with E-state index >= 15 is 0 Å². The van der Waals surface area contributed by atoms with Crippen LogP contribution in [-0.2, 0) is 9.59 Å². The summed E-state index contributed by atoms with van der Waals surface area (Å²) >= 11 is 5.83. The molecule has 0 aliphatic carbocycles. The molecule has 0 radical (unpaired) electrons. The molecule has 10 nitrogen and oxygen atoms in total. The van der Waals surface area contributed by atoms with Gasteiger partial charge in [0.25, 0.3) is 17.7 Å². The maximum absolute atomic E-state index is 12.8. The van der Waals surface area contributed by atoms with Crippen molar-refractivity contribution in [3.05, 3.63) is 94.5 Å². The van der Waals surface area contributed by atoms with E-state index in [4.69, 9.17) is 11.6 Å². The molecule has 3 N–H and O–H groups in total. The van der Waals surface area contributed by atoms with E-state index in [9.17, 15) is 24.0 Å². The van der Waals surface area contributed by atoms with E-state index in [1.54, 1.807) is 55.5 Å². The van der Waals surface area contributed by atoms with E-state index in [1.807, 2.05) is 0 Å². The summed E-state index contributed by atoms with van der Waals surface area (Å²) in [5.41, 5.74) is 4.48. The molecule has 1 fully saturated rings. The quantitative estimate of drug-likeness (QED) is 0.261. The highest BCUT2D eigenvalue weighted by Gasteiger charge is 2.40. The predicted octanol–water partition coefficient (Wildman–Crippen LogP) is 3.52. The Morgan fingerprint density at radius 1 is 0.946 bits per heavy atom. The zero-order valence-electron chi connectivity index (χ0n) is 19.4. The van der Waals surface area contributed by atoms with Crippen molar-refractivity contribution in [3.8, 4) is 0 Å². The second-order valence-electron chi connectivity index (χ2n) is 8.04. The number of barbiturate groups is 1. The molecule has 0 aromatic heterocycles. The van der Waals surface area contributed by atoms with E-state index in [-0.39, 0.29) is 11.5 Å². The molecule has 0 saturated carbocycles. The van der Waals surface area contributed by atoms with Crippen LogP contribution in [0, 0.1) is 12.8 Å². The number of rotatable bonds is 6. The number of hydrogen-bond donors (Lipinski definition) is 3. The fourth-order valence-electron chi connectivity index (χ4n) is 3.48. The molecule has 0 spiro atoms. The van der Waals surface area contributed by atoms with Gasteiger partial charge in [-0.15, -0.1) is 0 Å². The van der Waals surface area contributed by atoms with E-state index in [2.05, 4.69) is 21.2 Å². The molecule has 1 aliphatic heterocycles. The summed E-state index contributed by atoms with van der Waals surface area (Å²) in [7, 11) is 0. The van der Waals surface area contributed by atoms with E-state index < -0.39 is 29.7 Å². The van der Waals surface area contributed by atoms with Gasteiger partial charge in [-0.1, -0.05) is 23.7 Å². The maximum atomic E-state index is 12.8. The van der Waals surface area contributed by atoms with Crippen LogP contribution in [0.3, 0.4) is 0 Å². The van der Waals surface area contributed by atoms with E-state index in [0.717, 1.165) is 16.7 Å². The third-order valence-electron chi connectivity index (χ3n) is 5.36. The lowest BCUT2D eigenvalue weighted by Gasteiger charge is -2.28. The van der Waals surface area contributed by atoms with Gasteiger partial charge in [0.2, 0.25) is 5.91 Å². The fourth-order valence-corrected chi connectivity index (χ4v) is 3.60. The second-order valence-corrected chi connectivity index (χ2v) is 8.48. The van der Waals surface area contributed by atoms with Crippen LogP contribution < -0.4 is 21.0 Å². The monoisotopic (exact) mass is 517 g/mol. The van der Waals surface area contributed by atoms with Gasteiger partial charge in [-0.3, -0.25) is 24.5 Å². The van der Waals surface area contributed by atoms with Gasteiger partial charge in [0, 0.05) is 28.1 Å². The molecule has 3 aromatic carbocycles. The van der Waals surface area contributed by atoms with Gasteiger partial charge in [0.15, 0.2) is 5.92 Å². The lowest BCUT2D eigenvalue weighted by atomic mass is 10.1. The van der Waals surface area contributed by atoms with Gasteiger partial charge in [-0.25, -0.2) is 15.1 Å². The number of hydrogen-bond acceptors (Lipinski definition) is 6. The summed E-state index contributed by atoms with van der Waals surface area (Å²) in [6.07, 6.45) is 0.964. The normalized spacial score (nSPS) is 15.5. The minimum Gasteiger partial charge on any atom is -0.322 e. The molecule has 37 heavy (non-hydrogen) atoms. The largest absolute Gasteiger partial charge is 0.335 e. The number of amides is 6. The summed E-state index contributed by atoms with van der Waals surface area (Å²) in [5, 5.41) is 9.07. The SMILES string of the molecule is Cc1cccc(N2C(=O)NC(=O)[C@H](/C=N\NC(=O)c3ccc(NC(=O)c4ccc(Cl)cc4)cc3)C2=O)c1. The van der Waals surface area contributed by atoms with E-state index in [1.165, 1.54) is 24.3 Å². The molecule has 6 amide bonds. The Bertz CT molecular complexity index is 1420.